The van der Waals surface area contributed by atoms with E-state index in [2.05, 4.69) is 12.1 Å². The number of aromatic nitrogens is 2. The summed E-state index contributed by atoms with van der Waals surface area (Å²) in [7, 11) is 1.64. The van der Waals surface area contributed by atoms with E-state index in [4.69, 9.17) is 9.84 Å². The third-order valence-electron chi connectivity index (χ3n) is 5.82. The van der Waals surface area contributed by atoms with Gasteiger partial charge in [0.25, 0.3) is 0 Å². The molecule has 0 saturated carbocycles. The Bertz CT molecular complexity index is 1450. The van der Waals surface area contributed by atoms with Gasteiger partial charge in [-0.1, -0.05) is 72.8 Å². The third-order valence-corrected chi connectivity index (χ3v) is 5.82. The minimum atomic E-state index is -0.0576. The van der Waals surface area contributed by atoms with Crippen molar-refractivity contribution in [1.29, 1.82) is 0 Å². The Kier molecular flexibility index (Phi) is 6.35. The standard InChI is InChI=1S/C31H24N2O2/c1-35-29-19-16-26(17-20-29)31-27(22-33(32-31)28-10-6-3-7-11-28)18-21-30(34)25-14-12-24(13-15-25)23-8-4-2-5-9-23/h2-22H,1H3. The molecule has 0 N–H and O–H groups in total. The number of para-hydroxylation sites is 1. The molecular formula is C31H24N2O2. The van der Waals surface area contributed by atoms with E-state index in [1.54, 1.807) is 13.2 Å². The second-order valence-corrected chi connectivity index (χ2v) is 8.08. The zero-order valence-electron chi connectivity index (χ0n) is 19.3. The lowest BCUT2D eigenvalue weighted by atomic mass is 10.0. The third kappa shape index (κ3) is 4.97. The van der Waals surface area contributed by atoms with E-state index in [0.29, 0.717) is 5.56 Å². The first-order chi connectivity index (χ1) is 17.2. The van der Waals surface area contributed by atoms with Crippen LogP contribution >= 0.6 is 0 Å². The molecule has 0 saturated heterocycles. The normalized spacial score (nSPS) is 11.0. The van der Waals surface area contributed by atoms with Gasteiger partial charge in [-0.05, 0) is 59.7 Å². The number of hydrogen-bond donors (Lipinski definition) is 0. The summed E-state index contributed by atoms with van der Waals surface area (Å²) in [5, 5.41) is 4.82. The Hall–Kier alpha value is -4.70. The smallest absolute Gasteiger partial charge is 0.185 e. The molecular weight excluding hydrogens is 432 g/mol. The molecule has 35 heavy (non-hydrogen) atoms. The number of hydrogen-bond acceptors (Lipinski definition) is 3. The summed E-state index contributed by atoms with van der Waals surface area (Å²) in [4.78, 5) is 12.9. The molecule has 170 valence electrons. The van der Waals surface area contributed by atoms with E-state index in [-0.39, 0.29) is 5.78 Å². The van der Waals surface area contributed by atoms with Crippen LogP contribution in [0, 0.1) is 0 Å². The van der Waals surface area contributed by atoms with Crippen molar-refractivity contribution in [3.05, 3.63) is 133 Å². The molecule has 4 heteroatoms. The van der Waals surface area contributed by atoms with E-state index < -0.39 is 0 Å². The van der Waals surface area contributed by atoms with Crippen molar-refractivity contribution in [2.24, 2.45) is 0 Å². The molecule has 0 fully saturated rings. The number of ketones is 1. The van der Waals surface area contributed by atoms with Gasteiger partial charge in [-0.15, -0.1) is 0 Å². The van der Waals surface area contributed by atoms with Gasteiger partial charge in [-0.25, -0.2) is 4.68 Å². The lowest BCUT2D eigenvalue weighted by Gasteiger charge is -2.03. The Morgan fingerprint density at radius 3 is 2.00 bits per heavy atom. The van der Waals surface area contributed by atoms with Gasteiger partial charge in [0.1, 0.15) is 5.75 Å². The van der Waals surface area contributed by atoms with E-state index >= 15 is 0 Å². The zero-order valence-corrected chi connectivity index (χ0v) is 19.3. The number of rotatable bonds is 7. The van der Waals surface area contributed by atoms with Crippen molar-refractivity contribution in [1.82, 2.24) is 9.78 Å². The number of ether oxygens (including phenoxy) is 1. The Morgan fingerprint density at radius 1 is 0.743 bits per heavy atom. The van der Waals surface area contributed by atoms with Crippen molar-refractivity contribution in [3.8, 4) is 33.8 Å². The van der Waals surface area contributed by atoms with Gasteiger partial charge >= 0.3 is 0 Å². The maximum absolute atomic E-state index is 12.9. The van der Waals surface area contributed by atoms with Crippen molar-refractivity contribution in [2.45, 2.75) is 0 Å². The average Bonchev–Trinajstić information content (AvgIpc) is 3.37. The maximum Gasteiger partial charge on any atom is 0.185 e. The summed E-state index contributed by atoms with van der Waals surface area (Å²) in [6.07, 6.45) is 5.38. The van der Waals surface area contributed by atoms with E-state index in [0.717, 1.165) is 39.4 Å². The monoisotopic (exact) mass is 456 g/mol. The SMILES string of the molecule is COc1ccc(-c2nn(-c3ccccc3)cc2C=CC(=O)c2ccc(-c3ccccc3)cc2)cc1. The van der Waals surface area contributed by atoms with Gasteiger partial charge in [0.15, 0.2) is 5.78 Å². The fourth-order valence-electron chi connectivity index (χ4n) is 3.91. The van der Waals surface area contributed by atoms with Gasteiger partial charge < -0.3 is 4.74 Å². The fraction of sp³-hybridized carbons (Fsp3) is 0.0323. The molecule has 5 aromatic rings. The fourth-order valence-corrected chi connectivity index (χ4v) is 3.91. The Labute approximate surface area is 204 Å². The predicted octanol–water partition coefficient (Wildman–Crippen LogP) is 7.11. The van der Waals surface area contributed by atoms with Crippen LogP contribution in [0.15, 0.2) is 121 Å². The van der Waals surface area contributed by atoms with Crippen LogP contribution in [-0.4, -0.2) is 22.7 Å². The zero-order chi connectivity index (χ0) is 24.0. The summed E-state index contributed by atoms with van der Waals surface area (Å²) in [6, 6.07) is 35.5. The van der Waals surface area contributed by atoms with E-state index in [9.17, 15) is 4.79 Å². The van der Waals surface area contributed by atoms with Crippen LogP contribution in [0.1, 0.15) is 15.9 Å². The van der Waals surface area contributed by atoms with Crippen LogP contribution in [0.4, 0.5) is 0 Å². The van der Waals surface area contributed by atoms with Crippen LogP contribution in [-0.2, 0) is 0 Å². The molecule has 0 amide bonds. The molecule has 0 unspecified atom stereocenters. The number of nitrogens with zero attached hydrogens (tertiary/aromatic N) is 2. The van der Waals surface area contributed by atoms with Crippen LogP contribution in [0.2, 0.25) is 0 Å². The molecule has 4 nitrogen and oxygen atoms in total. The molecule has 5 rings (SSSR count). The molecule has 0 aliphatic rings. The molecule has 4 aromatic carbocycles. The van der Waals surface area contributed by atoms with Gasteiger partial charge in [0, 0.05) is 22.9 Å². The summed E-state index contributed by atoms with van der Waals surface area (Å²) in [5.41, 5.74) is 6.39. The number of allylic oxidation sites excluding steroid dienone is 1. The number of methoxy groups -OCH3 is 1. The minimum Gasteiger partial charge on any atom is -0.497 e. The van der Waals surface area contributed by atoms with Crippen LogP contribution in [0.5, 0.6) is 5.75 Å². The first-order valence-electron chi connectivity index (χ1n) is 11.4. The number of benzene rings is 4. The highest BCUT2D eigenvalue weighted by atomic mass is 16.5. The second-order valence-electron chi connectivity index (χ2n) is 8.08. The lowest BCUT2D eigenvalue weighted by molar-refractivity contribution is 0.104. The van der Waals surface area contributed by atoms with Gasteiger partial charge in [-0.3, -0.25) is 4.79 Å². The van der Waals surface area contributed by atoms with Crippen LogP contribution < -0.4 is 4.74 Å². The second kappa shape index (κ2) is 10.1. The van der Waals surface area contributed by atoms with E-state index in [1.165, 1.54) is 0 Å². The topological polar surface area (TPSA) is 44.1 Å². The minimum absolute atomic E-state index is 0.0576. The largest absolute Gasteiger partial charge is 0.497 e. The van der Waals surface area contributed by atoms with Gasteiger partial charge in [0.05, 0.1) is 18.5 Å². The van der Waals surface area contributed by atoms with Gasteiger partial charge in [-0.2, -0.15) is 5.10 Å². The summed E-state index contributed by atoms with van der Waals surface area (Å²) >= 11 is 0. The van der Waals surface area contributed by atoms with Crippen molar-refractivity contribution in [3.63, 3.8) is 0 Å². The highest BCUT2D eigenvalue weighted by molar-refractivity contribution is 6.07. The Balaban J connectivity index is 1.44. The lowest BCUT2D eigenvalue weighted by Crippen LogP contribution is -1.94. The average molecular weight is 457 g/mol. The molecule has 1 aromatic heterocycles. The summed E-state index contributed by atoms with van der Waals surface area (Å²) in [6.45, 7) is 0. The molecule has 0 radical (unpaired) electrons. The molecule has 0 aliphatic heterocycles. The molecule has 0 bridgehead atoms. The van der Waals surface area contributed by atoms with Crippen molar-refractivity contribution in [2.75, 3.05) is 7.11 Å². The first kappa shape index (κ1) is 22.1. The number of carbonyl (C=O) groups excluding carboxylic acids is 1. The first-order valence-corrected chi connectivity index (χ1v) is 11.4. The number of carbonyl (C=O) groups is 1. The van der Waals surface area contributed by atoms with Crippen LogP contribution in [0.25, 0.3) is 34.1 Å². The molecule has 0 spiro atoms. The maximum atomic E-state index is 12.9. The summed E-state index contributed by atoms with van der Waals surface area (Å²) in [5.74, 6) is 0.722. The van der Waals surface area contributed by atoms with Crippen molar-refractivity contribution >= 4 is 11.9 Å². The highest BCUT2D eigenvalue weighted by Crippen LogP contribution is 2.27. The summed E-state index contributed by atoms with van der Waals surface area (Å²) < 4.78 is 7.12. The molecule has 1 heterocycles. The predicted molar refractivity (Wildman–Crippen MR) is 141 cm³/mol. The highest BCUT2D eigenvalue weighted by Gasteiger charge is 2.12. The molecule has 0 atom stereocenters. The van der Waals surface area contributed by atoms with Crippen LogP contribution in [0.3, 0.4) is 0 Å². The van der Waals surface area contributed by atoms with Crippen molar-refractivity contribution < 1.29 is 9.53 Å². The Morgan fingerprint density at radius 2 is 1.34 bits per heavy atom. The van der Waals surface area contributed by atoms with E-state index in [1.807, 2.05) is 114 Å². The van der Waals surface area contributed by atoms with Gasteiger partial charge in [0.2, 0.25) is 0 Å². The quantitative estimate of drug-likeness (QED) is 0.194. The molecule has 0 aliphatic carbocycles.